The number of nitriles is 1. The van der Waals surface area contributed by atoms with E-state index in [4.69, 9.17) is 44.8 Å². The van der Waals surface area contributed by atoms with Gasteiger partial charge in [0.25, 0.3) is 0 Å². The fraction of sp³-hybridized carbons (Fsp3) is 0.167. The predicted octanol–water partition coefficient (Wildman–Crippen LogP) is 4.03. The number of ether oxygens (including phenoxy) is 1. The molecule has 0 aromatic heterocycles. The first-order valence-electron chi connectivity index (χ1n) is 5.18. The maximum atomic E-state index is 11.4. The van der Waals surface area contributed by atoms with Crippen molar-refractivity contribution < 1.29 is 9.53 Å². The monoisotopic (exact) mass is 318 g/mol. The van der Waals surface area contributed by atoms with Crippen LogP contribution in [0.3, 0.4) is 0 Å². The average Bonchev–Trinajstić information content (AvgIpc) is 2.36. The quantitative estimate of drug-likeness (QED) is 0.394. The summed E-state index contributed by atoms with van der Waals surface area (Å²) in [6.07, 6.45) is 1.20. The second-order valence-electron chi connectivity index (χ2n) is 3.28. The number of hydrogen-bond donors (Lipinski definition) is 1. The average molecular weight is 320 g/mol. The SMILES string of the molecule is CCOC(=O)/C(C#N)=C\Nc1cc(Cl)c(Cl)cc1Cl. The summed E-state index contributed by atoms with van der Waals surface area (Å²) in [5.41, 5.74) is 0.247. The molecule has 0 fully saturated rings. The van der Waals surface area contributed by atoms with Gasteiger partial charge in [0, 0.05) is 6.20 Å². The zero-order chi connectivity index (χ0) is 14.4. The van der Waals surface area contributed by atoms with Crippen molar-refractivity contribution in [3.05, 3.63) is 39.0 Å². The minimum Gasteiger partial charge on any atom is -0.462 e. The molecule has 0 radical (unpaired) electrons. The van der Waals surface area contributed by atoms with Crippen LogP contribution in [0.5, 0.6) is 0 Å². The molecule has 0 bridgehead atoms. The largest absolute Gasteiger partial charge is 0.462 e. The lowest BCUT2D eigenvalue weighted by Gasteiger charge is -2.06. The van der Waals surface area contributed by atoms with Crippen LogP contribution >= 0.6 is 34.8 Å². The first-order valence-corrected chi connectivity index (χ1v) is 6.31. The molecule has 0 aliphatic heterocycles. The summed E-state index contributed by atoms with van der Waals surface area (Å²) in [4.78, 5) is 11.4. The molecule has 1 N–H and O–H groups in total. The number of nitrogens with zero attached hydrogens (tertiary/aromatic N) is 1. The summed E-state index contributed by atoms with van der Waals surface area (Å²) in [6, 6.07) is 4.67. The highest BCUT2D eigenvalue weighted by atomic mass is 35.5. The second kappa shape index (κ2) is 7.25. The van der Waals surface area contributed by atoms with Crippen LogP contribution in [-0.4, -0.2) is 12.6 Å². The molecule has 0 atom stereocenters. The van der Waals surface area contributed by atoms with Gasteiger partial charge in [-0.1, -0.05) is 34.8 Å². The first kappa shape index (κ1) is 15.6. The maximum Gasteiger partial charge on any atom is 0.350 e. The van der Waals surface area contributed by atoms with Crippen molar-refractivity contribution in [1.82, 2.24) is 0 Å². The van der Waals surface area contributed by atoms with Crippen LogP contribution in [0.2, 0.25) is 15.1 Å². The normalized spacial score (nSPS) is 10.8. The first-order chi connectivity index (χ1) is 8.99. The number of carbonyl (C=O) groups excluding carboxylic acids is 1. The number of halogens is 3. The van der Waals surface area contributed by atoms with Gasteiger partial charge in [-0.25, -0.2) is 4.79 Å². The number of esters is 1. The molecule has 7 heteroatoms. The minimum atomic E-state index is -0.714. The molecule has 0 saturated heterocycles. The van der Waals surface area contributed by atoms with Crippen molar-refractivity contribution in [3.8, 4) is 6.07 Å². The fourth-order valence-electron chi connectivity index (χ4n) is 1.13. The number of anilines is 1. The fourth-order valence-corrected chi connectivity index (χ4v) is 1.73. The molecule has 1 rings (SSSR count). The summed E-state index contributed by atoms with van der Waals surface area (Å²) in [5, 5.41) is 12.5. The van der Waals surface area contributed by atoms with E-state index in [-0.39, 0.29) is 12.2 Å². The summed E-state index contributed by atoms with van der Waals surface area (Å²) >= 11 is 17.6. The van der Waals surface area contributed by atoms with Gasteiger partial charge in [-0.05, 0) is 19.1 Å². The van der Waals surface area contributed by atoms with Crippen LogP contribution in [0, 0.1) is 11.3 Å². The third-order valence-electron chi connectivity index (χ3n) is 2.00. The molecule has 0 aliphatic carbocycles. The Balaban J connectivity index is 2.94. The molecular formula is C12H9Cl3N2O2. The number of carbonyl (C=O) groups is 1. The number of benzene rings is 1. The highest BCUT2D eigenvalue weighted by Crippen LogP contribution is 2.32. The Kier molecular flexibility index (Phi) is 5.97. The molecule has 0 unspecified atom stereocenters. The molecule has 0 saturated carbocycles. The summed E-state index contributed by atoms with van der Waals surface area (Å²) < 4.78 is 4.71. The van der Waals surface area contributed by atoms with Crippen molar-refractivity contribution in [2.24, 2.45) is 0 Å². The third kappa shape index (κ3) is 4.32. The molecule has 0 spiro atoms. The lowest BCUT2D eigenvalue weighted by Crippen LogP contribution is -2.08. The zero-order valence-electron chi connectivity index (χ0n) is 9.84. The van der Waals surface area contributed by atoms with Gasteiger partial charge in [-0.15, -0.1) is 0 Å². The van der Waals surface area contributed by atoms with E-state index in [0.717, 1.165) is 0 Å². The molecule has 0 heterocycles. The van der Waals surface area contributed by atoms with Crippen molar-refractivity contribution >= 4 is 46.5 Å². The van der Waals surface area contributed by atoms with Crippen LogP contribution in [0.15, 0.2) is 23.9 Å². The van der Waals surface area contributed by atoms with Crippen molar-refractivity contribution in [3.63, 3.8) is 0 Å². The molecular weight excluding hydrogens is 311 g/mol. The maximum absolute atomic E-state index is 11.4. The van der Waals surface area contributed by atoms with Crippen molar-refractivity contribution in [1.29, 1.82) is 5.26 Å². The van der Waals surface area contributed by atoms with Crippen molar-refractivity contribution in [2.75, 3.05) is 11.9 Å². The third-order valence-corrected chi connectivity index (χ3v) is 3.03. The standard InChI is InChI=1S/C12H9Cl3N2O2/c1-2-19-12(18)7(5-16)6-17-11-4-9(14)8(13)3-10(11)15/h3-4,6,17H,2H2,1H3/b7-6-. The van der Waals surface area contributed by atoms with Gasteiger partial charge in [-0.2, -0.15) is 5.26 Å². The second-order valence-corrected chi connectivity index (χ2v) is 4.50. The summed E-state index contributed by atoms with van der Waals surface area (Å²) in [5.74, 6) is -0.714. The van der Waals surface area contributed by atoms with Gasteiger partial charge in [0.1, 0.15) is 6.07 Å². The Morgan fingerprint density at radius 1 is 1.37 bits per heavy atom. The molecule has 19 heavy (non-hydrogen) atoms. The lowest BCUT2D eigenvalue weighted by molar-refractivity contribution is -0.138. The van der Waals surface area contributed by atoms with Crippen molar-refractivity contribution in [2.45, 2.75) is 6.92 Å². The van der Waals surface area contributed by atoms with Crippen LogP contribution in [0.4, 0.5) is 5.69 Å². The Labute approximate surface area is 125 Å². The zero-order valence-corrected chi connectivity index (χ0v) is 12.1. The summed E-state index contributed by atoms with van der Waals surface area (Å²) in [6.45, 7) is 1.83. The van der Waals surface area contributed by atoms with E-state index in [9.17, 15) is 4.79 Å². The van der Waals surface area contributed by atoms with Gasteiger partial charge in [-0.3, -0.25) is 0 Å². The van der Waals surface area contributed by atoms with Gasteiger partial charge in [0.15, 0.2) is 5.57 Å². The Morgan fingerprint density at radius 3 is 2.58 bits per heavy atom. The van der Waals surface area contributed by atoms with Gasteiger partial charge >= 0.3 is 5.97 Å². The molecule has 0 amide bonds. The van der Waals surface area contributed by atoms with E-state index in [2.05, 4.69) is 5.32 Å². The minimum absolute atomic E-state index is 0.177. The van der Waals surface area contributed by atoms with Crippen LogP contribution in [-0.2, 0) is 9.53 Å². The lowest BCUT2D eigenvalue weighted by atomic mass is 10.3. The highest BCUT2D eigenvalue weighted by molar-refractivity contribution is 6.44. The molecule has 4 nitrogen and oxygen atoms in total. The topological polar surface area (TPSA) is 62.1 Å². The molecule has 0 aliphatic rings. The molecule has 1 aromatic rings. The van der Waals surface area contributed by atoms with E-state index < -0.39 is 5.97 Å². The highest BCUT2D eigenvalue weighted by Gasteiger charge is 2.10. The van der Waals surface area contributed by atoms with E-state index in [1.807, 2.05) is 0 Å². The Bertz CT molecular complexity index is 565. The van der Waals surface area contributed by atoms with E-state index in [1.165, 1.54) is 18.3 Å². The van der Waals surface area contributed by atoms with Gasteiger partial charge in [0.05, 0.1) is 27.4 Å². The molecule has 100 valence electrons. The van der Waals surface area contributed by atoms with Gasteiger partial charge in [0.2, 0.25) is 0 Å². The van der Waals surface area contributed by atoms with Crippen LogP contribution < -0.4 is 5.32 Å². The van der Waals surface area contributed by atoms with E-state index >= 15 is 0 Å². The van der Waals surface area contributed by atoms with Gasteiger partial charge < -0.3 is 10.1 Å². The van der Waals surface area contributed by atoms with E-state index in [1.54, 1.807) is 13.0 Å². The number of hydrogen-bond acceptors (Lipinski definition) is 4. The number of rotatable bonds is 4. The van der Waals surface area contributed by atoms with Crippen LogP contribution in [0.1, 0.15) is 6.92 Å². The molecule has 1 aromatic carbocycles. The predicted molar refractivity (Wildman–Crippen MR) is 75.4 cm³/mol. The van der Waals surface area contributed by atoms with E-state index in [0.29, 0.717) is 20.8 Å². The van der Waals surface area contributed by atoms with Crippen LogP contribution in [0.25, 0.3) is 0 Å². The summed E-state index contributed by atoms with van der Waals surface area (Å²) in [7, 11) is 0. The number of nitrogens with one attached hydrogen (secondary N) is 1. The smallest absolute Gasteiger partial charge is 0.350 e. The Morgan fingerprint density at radius 2 is 2.00 bits per heavy atom. The Hall–Kier alpha value is -1.41.